The Bertz CT molecular complexity index is 574. The Balaban J connectivity index is 1.77. The Kier molecular flexibility index (Phi) is 3.70. The molecule has 0 bridgehead atoms. The van der Waals surface area contributed by atoms with Crippen molar-refractivity contribution in [2.75, 3.05) is 5.73 Å². The van der Waals surface area contributed by atoms with Crippen molar-refractivity contribution in [1.82, 2.24) is 4.90 Å². The lowest BCUT2D eigenvalue weighted by Gasteiger charge is -2.33. The van der Waals surface area contributed by atoms with E-state index in [-0.39, 0.29) is 17.9 Å². The van der Waals surface area contributed by atoms with E-state index < -0.39 is 0 Å². The minimum Gasteiger partial charge on any atom is -0.399 e. The zero-order chi connectivity index (χ0) is 15.0. The number of nitrogen functional groups attached to an aromatic ring is 1. The first-order valence-electron chi connectivity index (χ1n) is 7.89. The lowest BCUT2D eigenvalue weighted by molar-refractivity contribution is 0.0528. The molecule has 0 atom stereocenters. The summed E-state index contributed by atoms with van der Waals surface area (Å²) in [4.78, 5) is 26.5. The Labute approximate surface area is 125 Å². The summed E-state index contributed by atoms with van der Waals surface area (Å²) in [5, 5.41) is 0. The third-order valence-electron chi connectivity index (χ3n) is 4.82. The van der Waals surface area contributed by atoms with Crippen molar-refractivity contribution in [1.29, 1.82) is 0 Å². The van der Waals surface area contributed by atoms with Gasteiger partial charge in [0.15, 0.2) is 0 Å². The van der Waals surface area contributed by atoms with Gasteiger partial charge in [-0.1, -0.05) is 19.8 Å². The largest absolute Gasteiger partial charge is 0.399 e. The van der Waals surface area contributed by atoms with Crippen LogP contribution >= 0.6 is 0 Å². The fourth-order valence-electron chi connectivity index (χ4n) is 3.71. The molecule has 0 saturated heterocycles. The van der Waals surface area contributed by atoms with Crippen LogP contribution in [0.3, 0.4) is 0 Å². The first kappa shape index (κ1) is 14.1. The fraction of sp³-hybridized carbons (Fsp3) is 0.529. The summed E-state index contributed by atoms with van der Waals surface area (Å²) in [6.07, 6.45) is 6.58. The van der Waals surface area contributed by atoms with E-state index in [0.29, 0.717) is 16.8 Å². The second-order valence-electron chi connectivity index (χ2n) is 6.25. The molecule has 0 aromatic heterocycles. The second kappa shape index (κ2) is 5.51. The first-order chi connectivity index (χ1) is 10.1. The van der Waals surface area contributed by atoms with Crippen LogP contribution in [0.5, 0.6) is 0 Å². The molecule has 3 rings (SSSR count). The number of carbonyl (C=O) groups excluding carboxylic acids is 2. The van der Waals surface area contributed by atoms with Crippen LogP contribution in [0, 0.1) is 5.92 Å². The van der Waals surface area contributed by atoms with Gasteiger partial charge in [-0.2, -0.15) is 0 Å². The Morgan fingerprint density at radius 1 is 1.10 bits per heavy atom. The molecule has 1 aliphatic carbocycles. The number of hydrogen-bond acceptors (Lipinski definition) is 3. The van der Waals surface area contributed by atoms with Gasteiger partial charge < -0.3 is 5.73 Å². The third kappa shape index (κ3) is 2.43. The molecule has 21 heavy (non-hydrogen) atoms. The van der Waals surface area contributed by atoms with E-state index in [1.165, 1.54) is 17.7 Å². The van der Waals surface area contributed by atoms with Crippen molar-refractivity contribution in [2.24, 2.45) is 5.92 Å². The predicted octanol–water partition coefficient (Wildman–Crippen LogP) is 3.22. The Morgan fingerprint density at radius 3 is 2.43 bits per heavy atom. The second-order valence-corrected chi connectivity index (χ2v) is 6.25. The van der Waals surface area contributed by atoms with E-state index in [9.17, 15) is 9.59 Å². The lowest BCUT2D eigenvalue weighted by Crippen LogP contribution is -2.42. The van der Waals surface area contributed by atoms with Gasteiger partial charge in [-0.15, -0.1) is 0 Å². The summed E-state index contributed by atoms with van der Waals surface area (Å²) < 4.78 is 0. The monoisotopic (exact) mass is 286 g/mol. The van der Waals surface area contributed by atoms with Gasteiger partial charge in [-0.3, -0.25) is 14.5 Å². The number of amides is 2. The topological polar surface area (TPSA) is 63.4 Å². The summed E-state index contributed by atoms with van der Waals surface area (Å²) in [7, 11) is 0. The molecule has 1 aliphatic heterocycles. The smallest absolute Gasteiger partial charge is 0.261 e. The minimum absolute atomic E-state index is 0.0618. The molecular weight excluding hydrogens is 264 g/mol. The van der Waals surface area contributed by atoms with Crippen LogP contribution in [0.1, 0.15) is 66.2 Å². The molecule has 0 radical (unpaired) electrons. The van der Waals surface area contributed by atoms with Crippen LogP contribution in [0.4, 0.5) is 5.69 Å². The van der Waals surface area contributed by atoms with Crippen LogP contribution in [0.2, 0.25) is 0 Å². The number of benzene rings is 1. The number of nitrogens with zero attached hydrogens (tertiary/aromatic N) is 1. The highest BCUT2D eigenvalue weighted by atomic mass is 16.2. The molecule has 1 heterocycles. The van der Waals surface area contributed by atoms with Gasteiger partial charge in [-0.05, 0) is 49.8 Å². The molecule has 0 spiro atoms. The van der Waals surface area contributed by atoms with Crippen LogP contribution in [0.25, 0.3) is 0 Å². The molecule has 4 nitrogen and oxygen atoms in total. The molecule has 2 N–H and O–H groups in total. The summed E-state index contributed by atoms with van der Waals surface area (Å²) in [6.45, 7) is 2.21. The van der Waals surface area contributed by atoms with Gasteiger partial charge in [-0.25, -0.2) is 0 Å². The van der Waals surface area contributed by atoms with E-state index >= 15 is 0 Å². The SMILES string of the molecule is CCCC1CCC(N2C(=O)c3ccc(N)cc3C2=O)CC1. The number of anilines is 1. The van der Waals surface area contributed by atoms with Gasteiger partial charge in [0.1, 0.15) is 0 Å². The van der Waals surface area contributed by atoms with E-state index in [1.807, 2.05) is 0 Å². The quantitative estimate of drug-likeness (QED) is 0.685. The molecular formula is C17H22N2O2. The standard InChI is InChI=1S/C17H22N2O2/c1-2-3-11-4-7-13(8-5-11)19-16(20)14-9-6-12(18)10-15(14)17(19)21/h6,9-11,13H,2-5,7-8,18H2,1H3. The normalized spacial score (nSPS) is 25.3. The molecule has 2 amide bonds. The maximum Gasteiger partial charge on any atom is 0.261 e. The van der Waals surface area contributed by atoms with Crippen molar-refractivity contribution in [2.45, 2.75) is 51.5 Å². The summed E-state index contributed by atoms with van der Waals surface area (Å²) in [6, 6.07) is 5.05. The van der Waals surface area contributed by atoms with Gasteiger partial charge >= 0.3 is 0 Å². The number of rotatable bonds is 3. The van der Waals surface area contributed by atoms with Crippen molar-refractivity contribution in [3.05, 3.63) is 29.3 Å². The molecule has 0 unspecified atom stereocenters. The number of hydrogen-bond donors (Lipinski definition) is 1. The summed E-state index contributed by atoms with van der Waals surface area (Å²) in [5.74, 6) is 0.451. The van der Waals surface area contributed by atoms with Crippen LogP contribution < -0.4 is 5.73 Å². The Hall–Kier alpha value is -1.84. The van der Waals surface area contributed by atoms with E-state index in [0.717, 1.165) is 31.6 Å². The molecule has 1 aromatic rings. The first-order valence-corrected chi connectivity index (χ1v) is 7.89. The zero-order valence-corrected chi connectivity index (χ0v) is 12.5. The van der Waals surface area contributed by atoms with Crippen molar-refractivity contribution in [3.8, 4) is 0 Å². The summed E-state index contributed by atoms with van der Waals surface area (Å²) in [5.41, 5.74) is 7.24. The number of nitrogens with two attached hydrogens (primary N) is 1. The highest BCUT2D eigenvalue weighted by Crippen LogP contribution is 2.35. The van der Waals surface area contributed by atoms with Crippen LogP contribution in [-0.2, 0) is 0 Å². The van der Waals surface area contributed by atoms with E-state index in [2.05, 4.69) is 6.92 Å². The van der Waals surface area contributed by atoms with Crippen molar-refractivity contribution in [3.63, 3.8) is 0 Å². The number of imide groups is 1. The highest BCUT2D eigenvalue weighted by molar-refractivity contribution is 6.21. The zero-order valence-electron chi connectivity index (χ0n) is 12.5. The maximum absolute atomic E-state index is 12.5. The molecule has 112 valence electrons. The average Bonchev–Trinajstić information content (AvgIpc) is 2.72. The minimum atomic E-state index is -0.166. The fourth-order valence-corrected chi connectivity index (χ4v) is 3.71. The van der Waals surface area contributed by atoms with Gasteiger partial charge in [0.05, 0.1) is 11.1 Å². The molecule has 4 heteroatoms. The number of carbonyl (C=O) groups is 2. The Morgan fingerprint density at radius 2 is 1.76 bits per heavy atom. The van der Waals surface area contributed by atoms with Crippen LogP contribution in [0.15, 0.2) is 18.2 Å². The molecule has 1 saturated carbocycles. The predicted molar refractivity (Wildman–Crippen MR) is 82.0 cm³/mol. The lowest BCUT2D eigenvalue weighted by atomic mass is 9.83. The van der Waals surface area contributed by atoms with Crippen molar-refractivity contribution >= 4 is 17.5 Å². The molecule has 2 aliphatic rings. The number of fused-ring (bicyclic) bond motifs is 1. The van der Waals surface area contributed by atoms with Gasteiger partial charge in [0.2, 0.25) is 0 Å². The maximum atomic E-state index is 12.5. The van der Waals surface area contributed by atoms with Gasteiger partial charge in [0.25, 0.3) is 11.8 Å². The van der Waals surface area contributed by atoms with Gasteiger partial charge in [0, 0.05) is 11.7 Å². The average molecular weight is 286 g/mol. The highest BCUT2D eigenvalue weighted by Gasteiger charge is 2.40. The van der Waals surface area contributed by atoms with E-state index in [4.69, 9.17) is 5.73 Å². The third-order valence-corrected chi connectivity index (χ3v) is 4.82. The molecule has 1 aromatic carbocycles. The van der Waals surface area contributed by atoms with E-state index in [1.54, 1.807) is 18.2 Å². The molecule has 1 fully saturated rings. The van der Waals surface area contributed by atoms with Crippen molar-refractivity contribution < 1.29 is 9.59 Å². The van der Waals surface area contributed by atoms with Crippen LogP contribution in [-0.4, -0.2) is 22.8 Å². The summed E-state index contributed by atoms with van der Waals surface area (Å²) >= 11 is 0.